The molecule has 0 fully saturated rings. The SMILES string of the molecule is CC(C)(C)OC(=O)NC(CC([NH])=O)c1ccccc1. The highest BCUT2D eigenvalue weighted by molar-refractivity contribution is 5.75. The minimum Gasteiger partial charge on any atom is -0.444 e. The molecule has 0 saturated heterocycles. The monoisotopic (exact) mass is 263 g/mol. The second-order valence-corrected chi connectivity index (χ2v) is 5.24. The lowest BCUT2D eigenvalue weighted by atomic mass is 10.0. The Hall–Kier alpha value is -2.04. The van der Waals surface area contributed by atoms with Gasteiger partial charge in [-0.15, -0.1) is 0 Å². The first-order chi connectivity index (χ1) is 8.78. The number of rotatable bonds is 4. The molecule has 0 spiro atoms. The third-order valence-corrected chi connectivity index (χ3v) is 2.28. The number of benzene rings is 1. The minimum atomic E-state index is -0.732. The van der Waals surface area contributed by atoms with E-state index >= 15 is 0 Å². The number of hydrogen-bond acceptors (Lipinski definition) is 3. The van der Waals surface area contributed by atoms with Crippen molar-refractivity contribution in [3.8, 4) is 0 Å². The number of alkyl carbamates (subject to hydrolysis) is 1. The molecule has 1 atom stereocenters. The Kier molecular flexibility index (Phi) is 4.92. The molecule has 0 aromatic heterocycles. The Morgan fingerprint density at radius 2 is 1.84 bits per heavy atom. The highest BCUT2D eigenvalue weighted by Gasteiger charge is 2.21. The molecule has 2 N–H and O–H groups in total. The zero-order valence-corrected chi connectivity index (χ0v) is 11.4. The maximum absolute atomic E-state index is 11.7. The van der Waals surface area contributed by atoms with Gasteiger partial charge in [0.15, 0.2) is 0 Å². The molecule has 5 heteroatoms. The van der Waals surface area contributed by atoms with Crippen LogP contribution in [0.25, 0.3) is 0 Å². The normalized spacial score (nSPS) is 12.6. The minimum absolute atomic E-state index is 0.0801. The summed E-state index contributed by atoms with van der Waals surface area (Å²) >= 11 is 0. The summed E-state index contributed by atoms with van der Waals surface area (Å²) in [6, 6.07) is 8.52. The van der Waals surface area contributed by atoms with E-state index in [0.29, 0.717) is 0 Å². The average Bonchev–Trinajstić information content (AvgIpc) is 2.26. The summed E-state index contributed by atoms with van der Waals surface area (Å²) in [6.07, 6.45) is -0.675. The van der Waals surface area contributed by atoms with Crippen LogP contribution >= 0.6 is 0 Å². The number of amides is 2. The van der Waals surface area contributed by atoms with Crippen molar-refractivity contribution in [1.29, 1.82) is 0 Å². The van der Waals surface area contributed by atoms with Crippen molar-refractivity contribution in [1.82, 2.24) is 11.1 Å². The second kappa shape index (κ2) is 6.22. The molecule has 0 bridgehead atoms. The molecule has 2 amide bonds. The van der Waals surface area contributed by atoms with Crippen LogP contribution in [0.15, 0.2) is 30.3 Å². The molecular formula is C14H19N2O3. The summed E-state index contributed by atoms with van der Waals surface area (Å²) in [5.41, 5.74) is 7.22. The highest BCUT2D eigenvalue weighted by Crippen LogP contribution is 2.17. The Balaban J connectivity index is 2.76. The highest BCUT2D eigenvalue weighted by atomic mass is 16.6. The number of nitrogens with one attached hydrogen (secondary N) is 2. The van der Waals surface area contributed by atoms with E-state index in [0.717, 1.165) is 5.56 Å². The van der Waals surface area contributed by atoms with Crippen LogP contribution in [0.1, 0.15) is 38.8 Å². The Bertz CT molecular complexity index is 438. The zero-order valence-electron chi connectivity index (χ0n) is 11.4. The quantitative estimate of drug-likeness (QED) is 0.906. The van der Waals surface area contributed by atoms with Gasteiger partial charge in [-0.1, -0.05) is 30.3 Å². The van der Waals surface area contributed by atoms with Crippen LogP contribution < -0.4 is 11.1 Å². The lowest BCUT2D eigenvalue weighted by Gasteiger charge is -2.23. The molecule has 1 radical (unpaired) electrons. The van der Waals surface area contributed by atoms with Gasteiger partial charge in [0.25, 0.3) is 0 Å². The van der Waals surface area contributed by atoms with Crippen LogP contribution in [0.3, 0.4) is 0 Å². The zero-order chi connectivity index (χ0) is 14.5. The molecule has 0 heterocycles. The first kappa shape index (κ1) is 15.0. The Morgan fingerprint density at radius 1 is 1.26 bits per heavy atom. The molecule has 1 aromatic rings. The van der Waals surface area contributed by atoms with Gasteiger partial charge >= 0.3 is 6.09 Å². The van der Waals surface area contributed by atoms with Crippen molar-refractivity contribution in [3.05, 3.63) is 35.9 Å². The summed E-state index contributed by atoms with van der Waals surface area (Å²) in [5.74, 6) is -0.732. The molecule has 0 saturated carbocycles. The summed E-state index contributed by atoms with van der Waals surface area (Å²) in [5, 5.41) is 2.62. The number of hydrogen-bond donors (Lipinski definition) is 1. The molecule has 1 unspecified atom stereocenters. The smallest absolute Gasteiger partial charge is 0.408 e. The lowest BCUT2D eigenvalue weighted by Crippen LogP contribution is -2.35. The summed E-state index contributed by atoms with van der Waals surface area (Å²) in [7, 11) is 0. The van der Waals surface area contributed by atoms with Gasteiger partial charge in [0.05, 0.1) is 12.5 Å². The van der Waals surface area contributed by atoms with E-state index in [1.165, 1.54) is 0 Å². The van der Waals surface area contributed by atoms with E-state index in [1.54, 1.807) is 32.9 Å². The molecular weight excluding hydrogens is 244 g/mol. The van der Waals surface area contributed by atoms with Crippen molar-refractivity contribution in [2.24, 2.45) is 0 Å². The van der Waals surface area contributed by atoms with Crippen LogP contribution in [0.5, 0.6) is 0 Å². The van der Waals surface area contributed by atoms with Gasteiger partial charge in [-0.2, -0.15) is 0 Å². The number of carbonyl (C=O) groups is 2. The molecule has 103 valence electrons. The molecule has 1 aromatic carbocycles. The van der Waals surface area contributed by atoms with Gasteiger partial charge < -0.3 is 10.1 Å². The van der Waals surface area contributed by atoms with E-state index in [4.69, 9.17) is 10.5 Å². The van der Waals surface area contributed by atoms with Gasteiger partial charge in [0.2, 0.25) is 5.91 Å². The van der Waals surface area contributed by atoms with E-state index < -0.39 is 23.6 Å². The van der Waals surface area contributed by atoms with Crippen molar-refractivity contribution < 1.29 is 14.3 Å². The molecule has 19 heavy (non-hydrogen) atoms. The Labute approximate surface area is 113 Å². The van der Waals surface area contributed by atoms with Crippen LogP contribution in [0, 0.1) is 0 Å². The van der Waals surface area contributed by atoms with Crippen molar-refractivity contribution in [3.63, 3.8) is 0 Å². The maximum atomic E-state index is 11.7. The summed E-state index contributed by atoms with van der Waals surface area (Å²) in [4.78, 5) is 22.7. The van der Waals surface area contributed by atoms with Crippen LogP contribution in [-0.4, -0.2) is 17.6 Å². The van der Waals surface area contributed by atoms with E-state index in [1.807, 2.05) is 18.2 Å². The van der Waals surface area contributed by atoms with Crippen molar-refractivity contribution in [2.75, 3.05) is 0 Å². The first-order valence-corrected chi connectivity index (χ1v) is 6.07. The molecule has 0 aliphatic rings. The summed E-state index contributed by atoms with van der Waals surface area (Å²) in [6.45, 7) is 5.29. The molecule has 0 aliphatic carbocycles. The standard InChI is InChI=1S/C14H19N2O3/c1-14(2,3)19-13(18)16-11(9-12(15)17)10-7-5-4-6-8-10/h4-8,11,15H,9H2,1-3H3,(H,16,18). The van der Waals surface area contributed by atoms with E-state index in [9.17, 15) is 9.59 Å². The fourth-order valence-electron chi connectivity index (χ4n) is 1.57. The third-order valence-electron chi connectivity index (χ3n) is 2.28. The van der Waals surface area contributed by atoms with Gasteiger partial charge in [-0.05, 0) is 26.3 Å². The lowest BCUT2D eigenvalue weighted by molar-refractivity contribution is -0.119. The number of carbonyl (C=O) groups excluding carboxylic acids is 2. The fraction of sp³-hybridized carbons (Fsp3) is 0.429. The first-order valence-electron chi connectivity index (χ1n) is 6.07. The van der Waals surface area contributed by atoms with Crippen molar-refractivity contribution in [2.45, 2.75) is 38.8 Å². The van der Waals surface area contributed by atoms with Crippen LogP contribution in [-0.2, 0) is 9.53 Å². The maximum Gasteiger partial charge on any atom is 0.408 e. The average molecular weight is 263 g/mol. The molecule has 5 nitrogen and oxygen atoms in total. The van der Waals surface area contributed by atoms with Gasteiger partial charge in [0, 0.05) is 0 Å². The molecule has 1 rings (SSSR count). The predicted molar refractivity (Wildman–Crippen MR) is 71.3 cm³/mol. The largest absolute Gasteiger partial charge is 0.444 e. The van der Waals surface area contributed by atoms with E-state index in [-0.39, 0.29) is 6.42 Å². The third kappa shape index (κ3) is 5.90. The fourth-order valence-corrected chi connectivity index (χ4v) is 1.57. The second-order valence-electron chi connectivity index (χ2n) is 5.24. The van der Waals surface area contributed by atoms with Gasteiger partial charge in [0.1, 0.15) is 5.60 Å². The predicted octanol–water partition coefficient (Wildman–Crippen LogP) is 2.45. The van der Waals surface area contributed by atoms with Crippen molar-refractivity contribution >= 4 is 12.0 Å². The summed E-state index contributed by atoms with van der Waals surface area (Å²) < 4.78 is 5.15. The van der Waals surface area contributed by atoms with Gasteiger partial charge in [-0.25, -0.2) is 4.79 Å². The van der Waals surface area contributed by atoms with Crippen LogP contribution in [0.4, 0.5) is 4.79 Å². The van der Waals surface area contributed by atoms with Gasteiger partial charge in [-0.3, -0.25) is 10.5 Å². The van der Waals surface area contributed by atoms with E-state index in [2.05, 4.69) is 5.32 Å². The topological polar surface area (TPSA) is 79.2 Å². The Morgan fingerprint density at radius 3 is 2.32 bits per heavy atom. The molecule has 0 aliphatic heterocycles. The van der Waals surface area contributed by atoms with Crippen LogP contribution in [0.2, 0.25) is 0 Å². The number of ether oxygens (including phenoxy) is 1.